The van der Waals surface area contributed by atoms with Crippen LogP contribution in [0.4, 0.5) is 0 Å². The molecule has 6 rings (SSSR count). The fraction of sp³-hybridized carbons (Fsp3) is 0.310. The second-order valence-electron chi connectivity index (χ2n) is 9.60. The maximum absolute atomic E-state index is 9.28. The highest BCUT2D eigenvalue weighted by molar-refractivity contribution is 5.59. The first kappa shape index (κ1) is 21.1. The summed E-state index contributed by atoms with van der Waals surface area (Å²) in [7, 11) is 0. The van der Waals surface area contributed by atoms with Gasteiger partial charge in [0.05, 0.1) is 12.3 Å². The predicted molar refractivity (Wildman–Crippen MR) is 129 cm³/mol. The smallest absolute Gasteiger partial charge is 0.167 e. The molecule has 2 aromatic carbocycles. The van der Waals surface area contributed by atoms with Crippen LogP contribution in [0.5, 0.6) is 5.75 Å². The lowest BCUT2D eigenvalue weighted by molar-refractivity contribution is 0.267. The van der Waals surface area contributed by atoms with Gasteiger partial charge in [-0.15, -0.1) is 0 Å². The monoisotopic (exact) mass is 452 g/mol. The number of aliphatic hydroxyl groups excluding tert-OH is 1. The molecule has 2 aliphatic rings. The summed E-state index contributed by atoms with van der Waals surface area (Å²) in [4.78, 5) is 4.34. The van der Waals surface area contributed by atoms with Gasteiger partial charge in [0.15, 0.2) is 5.76 Å². The predicted octanol–water partition coefficient (Wildman–Crippen LogP) is 5.91. The number of aromatic nitrogens is 2. The first-order valence-electron chi connectivity index (χ1n) is 12.1. The van der Waals surface area contributed by atoms with E-state index < -0.39 is 0 Å². The Morgan fingerprint density at radius 1 is 0.941 bits per heavy atom. The van der Waals surface area contributed by atoms with Gasteiger partial charge in [-0.25, -0.2) is 0 Å². The molecule has 0 amide bonds. The van der Waals surface area contributed by atoms with Gasteiger partial charge < -0.3 is 14.4 Å². The summed E-state index contributed by atoms with van der Waals surface area (Å²) in [5, 5.41) is 13.2. The lowest BCUT2D eigenvalue weighted by Gasteiger charge is -2.39. The van der Waals surface area contributed by atoms with E-state index in [0.717, 1.165) is 22.9 Å². The van der Waals surface area contributed by atoms with Crippen LogP contribution in [0.25, 0.3) is 11.3 Å². The Morgan fingerprint density at radius 3 is 2.35 bits per heavy atom. The summed E-state index contributed by atoms with van der Waals surface area (Å²) in [6, 6.07) is 25.1. The number of pyridine rings is 1. The Morgan fingerprint density at radius 2 is 1.74 bits per heavy atom. The molecule has 1 N–H and O–H groups in total. The zero-order valence-corrected chi connectivity index (χ0v) is 19.1. The van der Waals surface area contributed by atoms with E-state index in [2.05, 4.69) is 58.7 Å². The van der Waals surface area contributed by atoms with Crippen LogP contribution >= 0.6 is 0 Å². The molecule has 34 heavy (non-hydrogen) atoms. The quantitative estimate of drug-likeness (QED) is 0.377. The third kappa shape index (κ3) is 3.70. The number of hydrogen-bond donors (Lipinski definition) is 1. The minimum absolute atomic E-state index is 0.0403. The van der Waals surface area contributed by atoms with Crippen LogP contribution < -0.4 is 4.74 Å². The van der Waals surface area contributed by atoms with Crippen LogP contribution in [0.15, 0.2) is 83.5 Å². The maximum atomic E-state index is 9.28. The highest BCUT2D eigenvalue weighted by Crippen LogP contribution is 2.60. The SMILES string of the molecule is OCc1cc(-c2ccc([C@@]3(c4ccc(OCc5ccccn5)cc4)CC4CCC3C4)cc2)on1. The van der Waals surface area contributed by atoms with Gasteiger partial charge in [0.25, 0.3) is 0 Å². The Kier molecular flexibility index (Phi) is 5.42. The molecular formula is C29H28N2O3. The molecule has 2 unspecified atom stereocenters. The molecule has 5 nitrogen and oxygen atoms in total. The van der Waals surface area contributed by atoms with Gasteiger partial charge in [0.1, 0.15) is 18.1 Å². The molecular weight excluding hydrogens is 424 g/mol. The van der Waals surface area contributed by atoms with Gasteiger partial charge in [-0.2, -0.15) is 0 Å². The molecule has 0 aliphatic heterocycles. The minimum atomic E-state index is -0.116. The maximum Gasteiger partial charge on any atom is 0.167 e. The summed E-state index contributed by atoms with van der Waals surface area (Å²) < 4.78 is 11.4. The number of rotatable bonds is 7. The van der Waals surface area contributed by atoms with Gasteiger partial charge in [-0.05, 0) is 66.5 Å². The van der Waals surface area contributed by atoms with Crippen LogP contribution in [0.1, 0.15) is 48.2 Å². The number of benzene rings is 2. The van der Waals surface area contributed by atoms with Crippen LogP contribution in [-0.2, 0) is 18.6 Å². The van der Waals surface area contributed by atoms with Crippen molar-refractivity contribution in [3.63, 3.8) is 0 Å². The molecule has 0 saturated heterocycles. The molecule has 0 spiro atoms. The zero-order valence-electron chi connectivity index (χ0n) is 19.1. The Balaban J connectivity index is 1.28. The van der Waals surface area contributed by atoms with Crippen molar-refractivity contribution in [1.29, 1.82) is 0 Å². The van der Waals surface area contributed by atoms with Crippen LogP contribution in [-0.4, -0.2) is 15.2 Å². The highest BCUT2D eigenvalue weighted by atomic mass is 16.5. The average Bonchev–Trinajstić information content (AvgIpc) is 3.65. The van der Waals surface area contributed by atoms with Crippen molar-refractivity contribution in [3.05, 3.63) is 102 Å². The molecule has 2 aliphatic carbocycles. The van der Waals surface area contributed by atoms with E-state index in [1.54, 1.807) is 12.3 Å². The lowest BCUT2D eigenvalue weighted by Crippen LogP contribution is -2.33. The third-order valence-corrected chi connectivity index (χ3v) is 7.74. The average molecular weight is 453 g/mol. The van der Waals surface area contributed by atoms with E-state index in [0.29, 0.717) is 24.0 Å². The van der Waals surface area contributed by atoms with Crippen molar-refractivity contribution in [1.82, 2.24) is 10.1 Å². The molecule has 2 heterocycles. The molecule has 0 radical (unpaired) electrons. The van der Waals surface area contributed by atoms with Crippen molar-refractivity contribution < 1.29 is 14.4 Å². The fourth-order valence-corrected chi connectivity index (χ4v) is 6.15. The van der Waals surface area contributed by atoms with Gasteiger partial charge in [0.2, 0.25) is 0 Å². The largest absolute Gasteiger partial charge is 0.487 e. The van der Waals surface area contributed by atoms with E-state index in [1.807, 2.05) is 18.2 Å². The summed E-state index contributed by atoms with van der Waals surface area (Å²) in [5.41, 5.74) is 5.24. The molecule has 2 bridgehead atoms. The first-order chi connectivity index (χ1) is 16.7. The number of fused-ring (bicyclic) bond motifs is 2. The van der Waals surface area contributed by atoms with Crippen molar-refractivity contribution in [2.45, 2.75) is 44.3 Å². The first-order valence-corrected chi connectivity index (χ1v) is 12.1. The Bertz CT molecular complexity index is 1250. The zero-order chi connectivity index (χ0) is 23.0. The van der Waals surface area contributed by atoms with Crippen molar-refractivity contribution in [2.24, 2.45) is 11.8 Å². The Hall–Kier alpha value is -3.44. The van der Waals surface area contributed by atoms with E-state index in [-0.39, 0.29) is 12.0 Å². The van der Waals surface area contributed by atoms with Gasteiger partial charge in [-0.3, -0.25) is 4.98 Å². The van der Waals surface area contributed by atoms with E-state index in [9.17, 15) is 5.11 Å². The van der Waals surface area contributed by atoms with Crippen LogP contribution in [0.2, 0.25) is 0 Å². The lowest BCUT2D eigenvalue weighted by atomic mass is 9.64. The summed E-state index contributed by atoms with van der Waals surface area (Å²) in [5.74, 6) is 3.01. The third-order valence-electron chi connectivity index (χ3n) is 7.74. The minimum Gasteiger partial charge on any atom is -0.487 e. The molecule has 3 atom stereocenters. The molecule has 5 heteroatoms. The molecule has 2 saturated carbocycles. The molecule has 4 aromatic rings. The summed E-state index contributed by atoms with van der Waals surface area (Å²) >= 11 is 0. The normalized spacial score (nSPS) is 23.3. The summed E-state index contributed by atoms with van der Waals surface area (Å²) in [6.45, 7) is 0.354. The second-order valence-corrected chi connectivity index (χ2v) is 9.60. The van der Waals surface area contributed by atoms with Gasteiger partial charge in [-0.1, -0.05) is 54.0 Å². The van der Waals surface area contributed by atoms with Gasteiger partial charge >= 0.3 is 0 Å². The van der Waals surface area contributed by atoms with E-state index in [4.69, 9.17) is 9.26 Å². The topological polar surface area (TPSA) is 68.4 Å². The van der Waals surface area contributed by atoms with Crippen molar-refractivity contribution in [2.75, 3.05) is 0 Å². The molecule has 172 valence electrons. The number of hydrogen-bond acceptors (Lipinski definition) is 5. The van der Waals surface area contributed by atoms with Crippen molar-refractivity contribution >= 4 is 0 Å². The highest BCUT2D eigenvalue weighted by Gasteiger charge is 2.52. The van der Waals surface area contributed by atoms with E-state index >= 15 is 0 Å². The second kappa shape index (κ2) is 8.73. The summed E-state index contributed by atoms with van der Waals surface area (Å²) in [6.07, 6.45) is 6.92. The van der Waals surface area contributed by atoms with Crippen LogP contribution in [0, 0.1) is 11.8 Å². The van der Waals surface area contributed by atoms with Gasteiger partial charge in [0, 0.05) is 23.2 Å². The molecule has 2 fully saturated rings. The Labute approximate surface area is 199 Å². The fourth-order valence-electron chi connectivity index (χ4n) is 6.15. The number of ether oxygens (including phenoxy) is 1. The number of nitrogens with zero attached hydrogens (tertiary/aromatic N) is 2. The number of aliphatic hydroxyl groups is 1. The van der Waals surface area contributed by atoms with Crippen LogP contribution in [0.3, 0.4) is 0 Å². The standard InChI is InChI=1S/C29H28N2O3/c32-18-26-16-28(34-31-26)21-5-8-22(9-6-21)29(17-20-4-7-24(29)15-20)23-10-12-27(13-11-23)33-19-25-3-1-2-14-30-25/h1-3,5-6,8-14,16,20,24,32H,4,7,15,17-19H2/t20?,24?,29-/m1/s1. The van der Waals surface area contributed by atoms with Crippen molar-refractivity contribution in [3.8, 4) is 17.1 Å². The van der Waals surface area contributed by atoms with E-state index in [1.165, 1.54) is 36.8 Å². The molecule has 2 aromatic heterocycles.